The van der Waals surface area contributed by atoms with Crippen LogP contribution in [0.25, 0.3) is 0 Å². The topological polar surface area (TPSA) is 0 Å². The molecule has 2 aromatic carbocycles. The van der Waals surface area contributed by atoms with Crippen LogP contribution in [0.5, 0.6) is 0 Å². The number of hydrogen-bond donors (Lipinski definition) is 0. The molecule has 0 aromatic heterocycles. The molecule has 2 heteroatoms. The Balaban J connectivity index is 1.76. The van der Waals surface area contributed by atoms with Gasteiger partial charge in [0.2, 0.25) is 0 Å². The molecule has 0 saturated carbocycles. The molecule has 0 aliphatic heterocycles. The van der Waals surface area contributed by atoms with Crippen molar-refractivity contribution in [2.45, 2.75) is 23.6 Å². The second-order valence-electron chi connectivity index (χ2n) is 4.33. The highest BCUT2D eigenvalue weighted by Crippen LogP contribution is 2.24. The van der Waals surface area contributed by atoms with E-state index >= 15 is 0 Å². The molecule has 2 rings (SSSR count). The van der Waals surface area contributed by atoms with Crippen LogP contribution in [0.4, 0.5) is 0 Å². The molecule has 0 saturated heterocycles. The summed E-state index contributed by atoms with van der Waals surface area (Å²) >= 11 is 3.87. The molecule has 0 N–H and O–H groups in total. The minimum Gasteiger partial charge on any atom is -0.125 e. The van der Waals surface area contributed by atoms with Crippen LogP contribution in [0, 0.1) is 13.8 Å². The Kier molecular flexibility index (Phi) is 5.21. The van der Waals surface area contributed by atoms with Crippen molar-refractivity contribution in [1.29, 1.82) is 0 Å². The molecule has 0 spiro atoms. The Labute approximate surface area is 118 Å². The van der Waals surface area contributed by atoms with E-state index in [9.17, 15) is 0 Å². The van der Waals surface area contributed by atoms with Crippen molar-refractivity contribution in [3.8, 4) is 0 Å². The largest absolute Gasteiger partial charge is 0.125 e. The highest BCUT2D eigenvalue weighted by Gasteiger charge is 1.97. The van der Waals surface area contributed by atoms with Gasteiger partial charge in [-0.05, 0) is 38.1 Å². The summed E-state index contributed by atoms with van der Waals surface area (Å²) in [5.41, 5.74) is 2.68. The van der Waals surface area contributed by atoms with Gasteiger partial charge in [0.25, 0.3) is 0 Å². The van der Waals surface area contributed by atoms with E-state index in [1.54, 1.807) is 0 Å². The fourth-order valence-corrected chi connectivity index (χ4v) is 3.76. The van der Waals surface area contributed by atoms with E-state index in [1.165, 1.54) is 20.9 Å². The minimum atomic E-state index is 1.15. The van der Waals surface area contributed by atoms with Crippen LogP contribution in [0.1, 0.15) is 11.1 Å². The van der Waals surface area contributed by atoms with Crippen LogP contribution >= 0.6 is 23.5 Å². The molecule has 94 valence electrons. The van der Waals surface area contributed by atoms with Crippen molar-refractivity contribution < 1.29 is 0 Å². The Hall–Kier alpha value is -0.860. The Morgan fingerprint density at radius 1 is 0.722 bits per heavy atom. The normalized spacial score (nSPS) is 10.6. The summed E-state index contributed by atoms with van der Waals surface area (Å²) in [7, 11) is 0. The zero-order chi connectivity index (χ0) is 12.8. The highest BCUT2D eigenvalue weighted by atomic mass is 32.2. The SMILES string of the molecule is Cc1cccc(SCCSc2cccc(C)c2)c1. The van der Waals surface area contributed by atoms with Gasteiger partial charge < -0.3 is 0 Å². The summed E-state index contributed by atoms with van der Waals surface area (Å²) in [6.45, 7) is 4.29. The molecular weight excluding hydrogens is 256 g/mol. The summed E-state index contributed by atoms with van der Waals surface area (Å²) in [6, 6.07) is 17.4. The number of hydrogen-bond acceptors (Lipinski definition) is 2. The van der Waals surface area contributed by atoms with E-state index in [0.717, 1.165) is 11.5 Å². The van der Waals surface area contributed by atoms with Crippen molar-refractivity contribution >= 4 is 23.5 Å². The minimum absolute atomic E-state index is 1.15. The number of aryl methyl sites for hydroxylation is 2. The van der Waals surface area contributed by atoms with Crippen LogP contribution < -0.4 is 0 Å². The fourth-order valence-electron chi connectivity index (χ4n) is 1.73. The first kappa shape index (κ1) is 13.6. The van der Waals surface area contributed by atoms with Crippen LogP contribution in [0.3, 0.4) is 0 Å². The molecule has 0 amide bonds. The van der Waals surface area contributed by atoms with Gasteiger partial charge in [0, 0.05) is 21.3 Å². The zero-order valence-electron chi connectivity index (χ0n) is 10.8. The first-order chi connectivity index (χ1) is 8.74. The molecule has 0 radical (unpaired) electrons. The Morgan fingerprint density at radius 3 is 1.56 bits per heavy atom. The van der Waals surface area contributed by atoms with Crippen molar-refractivity contribution in [3.05, 3.63) is 59.7 Å². The molecule has 18 heavy (non-hydrogen) atoms. The Bertz CT molecular complexity index is 458. The third kappa shape index (κ3) is 4.43. The summed E-state index contributed by atoms with van der Waals surface area (Å²) < 4.78 is 0. The average Bonchev–Trinajstić information content (AvgIpc) is 2.35. The van der Waals surface area contributed by atoms with Crippen LogP contribution in [0.15, 0.2) is 58.3 Å². The first-order valence-corrected chi connectivity index (χ1v) is 8.10. The maximum atomic E-state index is 2.25. The maximum Gasteiger partial charge on any atom is 0.00748 e. The lowest BCUT2D eigenvalue weighted by Gasteiger charge is -2.04. The molecule has 0 unspecified atom stereocenters. The molecule has 0 fully saturated rings. The maximum absolute atomic E-state index is 2.25. The summed E-state index contributed by atoms with van der Waals surface area (Å²) in [4.78, 5) is 2.75. The van der Waals surface area contributed by atoms with Crippen LogP contribution in [0.2, 0.25) is 0 Å². The highest BCUT2D eigenvalue weighted by molar-refractivity contribution is 8.03. The summed E-state index contributed by atoms with van der Waals surface area (Å²) in [6.07, 6.45) is 0. The van der Waals surface area contributed by atoms with Gasteiger partial charge in [0.05, 0.1) is 0 Å². The van der Waals surface area contributed by atoms with Gasteiger partial charge in [-0.1, -0.05) is 35.4 Å². The van der Waals surface area contributed by atoms with Crippen molar-refractivity contribution in [3.63, 3.8) is 0 Å². The Morgan fingerprint density at radius 2 is 1.17 bits per heavy atom. The standard InChI is InChI=1S/C16H18S2/c1-13-5-3-7-15(11-13)17-9-10-18-16-8-4-6-14(2)12-16/h3-8,11-12H,9-10H2,1-2H3. The molecule has 0 bridgehead atoms. The van der Waals surface area contributed by atoms with Gasteiger partial charge in [-0.3, -0.25) is 0 Å². The third-order valence-electron chi connectivity index (χ3n) is 2.60. The molecule has 2 aromatic rings. The first-order valence-electron chi connectivity index (χ1n) is 6.13. The smallest absolute Gasteiger partial charge is 0.00748 e. The van der Waals surface area contributed by atoms with Crippen LogP contribution in [-0.2, 0) is 0 Å². The van der Waals surface area contributed by atoms with Gasteiger partial charge in [0.1, 0.15) is 0 Å². The molecule has 0 nitrogen and oxygen atoms in total. The van der Waals surface area contributed by atoms with E-state index in [1.807, 2.05) is 23.5 Å². The lowest BCUT2D eigenvalue weighted by molar-refractivity contribution is 1.34. The predicted octanol–water partition coefficient (Wildman–Crippen LogP) is 5.19. The number of benzene rings is 2. The molecular formula is C16H18S2. The fraction of sp³-hybridized carbons (Fsp3) is 0.250. The lowest BCUT2D eigenvalue weighted by atomic mass is 10.2. The molecule has 0 atom stereocenters. The number of rotatable bonds is 5. The van der Waals surface area contributed by atoms with E-state index in [2.05, 4.69) is 62.4 Å². The van der Waals surface area contributed by atoms with Gasteiger partial charge in [0.15, 0.2) is 0 Å². The summed E-state index contributed by atoms with van der Waals surface area (Å²) in [5, 5.41) is 0. The average molecular weight is 274 g/mol. The van der Waals surface area contributed by atoms with Crippen molar-refractivity contribution in [1.82, 2.24) is 0 Å². The van der Waals surface area contributed by atoms with Crippen molar-refractivity contribution in [2.75, 3.05) is 11.5 Å². The van der Waals surface area contributed by atoms with E-state index in [4.69, 9.17) is 0 Å². The predicted molar refractivity (Wildman–Crippen MR) is 83.8 cm³/mol. The second kappa shape index (κ2) is 6.91. The van der Waals surface area contributed by atoms with E-state index in [-0.39, 0.29) is 0 Å². The van der Waals surface area contributed by atoms with E-state index in [0.29, 0.717) is 0 Å². The monoisotopic (exact) mass is 274 g/mol. The van der Waals surface area contributed by atoms with Gasteiger partial charge in [-0.15, -0.1) is 23.5 Å². The zero-order valence-corrected chi connectivity index (χ0v) is 12.5. The van der Waals surface area contributed by atoms with E-state index < -0.39 is 0 Å². The summed E-state index contributed by atoms with van der Waals surface area (Å²) in [5.74, 6) is 2.31. The van der Waals surface area contributed by atoms with Crippen LogP contribution in [-0.4, -0.2) is 11.5 Å². The van der Waals surface area contributed by atoms with Gasteiger partial charge in [-0.25, -0.2) is 0 Å². The third-order valence-corrected chi connectivity index (χ3v) is 4.85. The van der Waals surface area contributed by atoms with Gasteiger partial charge >= 0.3 is 0 Å². The molecule has 0 aliphatic rings. The molecule has 0 heterocycles. The van der Waals surface area contributed by atoms with Gasteiger partial charge in [-0.2, -0.15) is 0 Å². The van der Waals surface area contributed by atoms with Crippen molar-refractivity contribution in [2.24, 2.45) is 0 Å². The molecule has 0 aliphatic carbocycles. The lowest BCUT2D eigenvalue weighted by Crippen LogP contribution is -1.85. The quantitative estimate of drug-likeness (QED) is 0.544. The number of thioether (sulfide) groups is 2. The second-order valence-corrected chi connectivity index (χ2v) is 6.67.